The summed E-state index contributed by atoms with van der Waals surface area (Å²) in [6.45, 7) is 3.24. The van der Waals surface area contributed by atoms with Gasteiger partial charge in [0.05, 0.1) is 5.92 Å². The molecule has 1 saturated carbocycles. The summed E-state index contributed by atoms with van der Waals surface area (Å²) < 4.78 is 0. The fraction of sp³-hybridized carbons (Fsp3) is 0.500. The number of nitrogens with zero attached hydrogens (tertiary/aromatic N) is 1. The van der Waals surface area contributed by atoms with Crippen molar-refractivity contribution in [2.24, 2.45) is 11.3 Å². The first-order valence-corrected chi connectivity index (χ1v) is 7.94. The van der Waals surface area contributed by atoms with Crippen LogP contribution in [0.3, 0.4) is 0 Å². The molecule has 1 unspecified atom stereocenters. The fourth-order valence-electron chi connectivity index (χ4n) is 3.30. The summed E-state index contributed by atoms with van der Waals surface area (Å²) in [5.41, 5.74) is 0.239. The van der Waals surface area contributed by atoms with Gasteiger partial charge in [-0.1, -0.05) is 44.2 Å². The molecule has 0 spiro atoms. The second kappa shape index (κ2) is 7.03. The molecular formula is C18H21NO5. The van der Waals surface area contributed by atoms with Crippen molar-refractivity contribution in [2.75, 3.05) is 6.54 Å². The van der Waals surface area contributed by atoms with Crippen molar-refractivity contribution in [3.05, 3.63) is 46.0 Å². The summed E-state index contributed by atoms with van der Waals surface area (Å²) in [5.74, 6) is -3.13. The third-order valence-electron chi connectivity index (χ3n) is 4.36. The number of benzene rings is 1. The maximum absolute atomic E-state index is 12.5. The van der Waals surface area contributed by atoms with Gasteiger partial charge in [0.25, 0.3) is 0 Å². The molecular weight excluding hydrogens is 310 g/mol. The predicted octanol–water partition coefficient (Wildman–Crippen LogP) is 2.58. The Labute approximate surface area is 140 Å². The third-order valence-corrected chi connectivity index (χ3v) is 4.36. The van der Waals surface area contributed by atoms with Crippen LogP contribution in [0.5, 0.6) is 0 Å². The van der Waals surface area contributed by atoms with E-state index in [1.807, 2.05) is 13.8 Å². The molecule has 0 aromatic heterocycles. The fourth-order valence-corrected chi connectivity index (χ4v) is 3.30. The monoisotopic (exact) mass is 331 g/mol. The highest BCUT2D eigenvalue weighted by Crippen LogP contribution is 2.35. The number of rotatable bonds is 6. The van der Waals surface area contributed by atoms with Gasteiger partial charge in [-0.15, -0.1) is 0 Å². The summed E-state index contributed by atoms with van der Waals surface area (Å²) in [7, 11) is 0. The zero-order valence-corrected chi connectivity index (χ0v) is 13.9. The maximum Gasteiger partial charge on any atom is 0.211 e. The number of nitro groups is 1. The van der Waals surface area contributed by atoms with E-state index in [0.29, 0.717) is 5.56 Å². The lowest BCUT2D eigenvalue weighted by Gasteiger charge is -2.31. The number of Topliss-reactive ketones (excluding diaryl/α,β-unsaturated/α-hetero) is 3. The Kier molecular flexibility index (Phi) is 5.26. The molecule has 1 aromatic rings. The molecule has 24 heavy (non-hydrogen) atoms. The molecule has 0 aliphatic heterocycles. The van der Waals surface area contributed by atoms with Crippen LogP contribution in [0.4, 0.5) is 0 Å². The first-order chi connectivity index (χ1) is 11.2. The average Bonchev–Trinajstić information content (AvgIpc) is 2.44. The first-order valence-electron chi connectivity index (χ1n) is 7.94. The van der Waals surface area contributed by atoms with E-state index in [-0.39, 0.29) is 30.8 Å². The van der Waals surface area contributed by atoms with E-state index in [0.717, 1.165) is 0 Å². The van der Waals surface area contributed by atoms with Gasteiger partial charge >= 0.3 is 0 Å². The third kappa shape index (κ3) is 4.34. The number of ketones is 3. The topological polar surface area (TPSA) is 94.3 Å². The van der Waals surface area contributed by atoms with Gasteiger partial charge in [0.15, 0.2) is 17.3 Å². The molecule has 1 atom stereocenters. The molecule has 0 heterocycles. The molecule has 1 aromatic carbocycles. The summed E-state index contributed by atoms with van der Waals surface area (Å²) in [4.78, 5) is 47.4. The first kappa shape index (κ1) is 18.0. The van der Waals surface area contributed by atoms with Gasteiger partial charge in [0.1, 0.15) is 5.92 Å². The van der Waals surface area contributed by atoms with E-state index in [4.69, 9.17) is 0 Å². The minimum absolute atomic E-state index is 0.173. The Morgan fingerprint density at radius 3 is 2.25 bits per heavy atom. The quantitative estimate of drug-likeness (QED) is 0.453. The summed E-state index contributed by atoms with van der Waals surface area (Å²) in [6.07, 6.45) is 0.189. The molecule has 1 aliphatic carbocycles. The predicted molar refractivity (Wildman–Crippen MR) is 87.2 cm³/mol. The Hall–Kier alpha value is -2.37. The minimum atomic E-state index is -1.25. The summed E-state index contributed by atoms with van der Waals surface area (Å²) in [5, 5.41) is 10.9. The van der Waals surface area contributed by atoms with Crippen molar-refractivity contribution >= 4 is 17.3 Å². The van der Waals surface area contributed by atoms with Crippen molar-refractivity contribution in [3.63, 3.8) is 0 Å². The van der Waals surface area contributed by atoms with E-state index in [2.05, 4.69) is 0 Å². The van der Waals surface area contributed by atoms with E-state index >= 15 is 0 Å². The standard InChI is InChI=1S/C18H21NO5/c1-18(2)9-15(21)17(16(22)10-18)14(20)8-13(11-19(23)24)12-6-4-3-5-7-12/h3-7,13,17H,8-11H2,1-2H3. The Morgan fingerprint density at radius 2 is 1.75 bits per heavy atom. The van der Waals surface area contributed by atoms with Crippen LogP contribution < -0.4 is 0 Å². The SMILES string of the molecule is CC1(C)CC(=O)C(C(=O)CC(C[N+](=O)[O-])c2ccccc2)C(=O)C1. The van der Waals surface area contributed by atoms with Gasteiger partial charge in [-0.25, -0.2) is 0 Å². The van der Waals surface area contributed by atoms with E-state index in [9.17, 15) is 24.5 Å². The van der Waals surface area contributed by atoms with Crippen LogP contribution in [0.25, 0.3) is 0 Å². The largest absolute Gasteiger partial charge is 0.298 e. The Morgan fingerprint density at radius 1 is 1.21 bits per heavy atom. The van der Waals surface area contributed by atoms with Gasteiger partial charge in [-0.2, -0.15) is 0 Å². The highest BCUT2D eigenvalue weighted by Gasteiger charge is 2.43. The van der Waals surface area contributed by atoms with Crippen molar-refractivity contribution < 1.29 is 19.3 Å². The van der Waals surface area contributed by atoms with Crippen LogP contribution in [0, 0.1) is 21.4 Å². The van der Waals surface area contributed by atoms with Crippen molar-refractivity contribution in [2.45, 2.75) is 39.0 Å². The molecule has 0 bridgehead atoms. The lowest BCUT2D eigenvalue weighted by molar-refractivity contribution is -0.483. The number of carbonyl (C=O) groups excluding carboxylic acids is 3. The molecule has 0 amide bonds. The van der Waals surface area contributed by atoms with Gasteiger partial charge in [-0.3, -0.25) is 24.5 Å². The van der Waals surface area contributed by atoms with Crippen LogP contribution in [-0.2, 0) is 14.4 Å². The molecule has 0 saturated heterocycles. The average molecular weight is 331 g/mol. The lowest BCUT2D eigenvalue weighted by atomic mass is 9.69. The van der Waals surface area contributed by atoms with Crippen molar-refractivity contribution in [1.29, 1.82) is 0 Å². The smallest absolute Gasteiger partial charge is 0.211 e. The molecule has 0 radical (unpaired) electrons. The van der Waals surface area contributed by atoms with Crippen LogP contribution >= 0.6 is 0 Å². The highest BCUT2D eigenvalue weighted by molar-refractivity contribution is 6.21. The van der Waals surface area contributed by atoms with Gasteiger partial charge in [0, 0.05) is 24.2 Å². The van der Waals surface area contributed by atoms with Crippen LogP contribution in [-0.4, -0.2) is 28.8 Å². The van der Waals surface area contributed by atoms with Crippen LogP contribution in [0.1, 0.15) is 44.6 Å². The van der Waals surface area contributed by atoms with Gasteiger partial charge in [0.2, 0.25) is 6.54 Å². The molecule has 2 rings (SSSR count). The molecule has 1 aliphatic rings. The van der Waals surface area contributed by atoms with Crippen molar-refractivity contribution in [1.82, 2.24) is 0 Å². The van der Waals surface area contributed by atoms with Gasteiger partial charge in [-0.05, 0) is 11.0 Å². The molecule has 6 heteroatoms. The number of hydrogen-bond donors (Lipinski definition) is 0. The van der Waals surface area contributed by atoms with E-state index < -0.39 is 34.5 Å². The van der Waals surface area contributed by atoms with Crippen LogP contribution in [0.2, 0.25) is 0 Å². The Bertz CT molecular complexity index is 645. The molecule has 1 fully saturated rings. The van der Waals surface area contributed by atoms with Crippen molar-refractivity contribution in [3.8, 4) is 0 Å². The van der Waals surface area contributed by atoms with E-state index in [1.165, 1.54) is 0 Å². The second-order valence-corrected chi connectivity index (χ2v) is 7.18. The molecule has 6 nitrogen and oxygen atoms in total. The lowest BCUT2D eigenvalue weighted by Crippen LogP contribution is -2.42. The second-order valence-electron chi connectivity index (χ2n) is 7.18. The Balaban J connectivity index is 2.17. The summed E-state index contributed by atoms with van der Waals surface area (Å²) in [6, 6.07) is 8.70. The maximum atomic E-state index is 12.5. The normalized spacial score (nSPS) is 19.1. The zero-order chi connectivity index (χ0) is 17.9. The minimum Gasteiger partial charge on any atom is -0.298 e. The number of hydrogen-bond acceptors (Lipinski definition) is 5. The molecule has 128 valence electrons. The zero-order valence-electron chi connectivity index (χ0n) is 13.9. The van der Waals surface area contributed by atoms with Crippen LogP contribution in [0.15, 0.2) is 30.3 Å². The molecule has 0 N–H and O–H groups in total. The van der Waals surface area contributed by atoms with E-state index in [1.54, 1.807) is 30.3 Å². The van der Waals surface area contributed by atoms with Gasteiger partial charge < -0.3 is 0 Å². The number of carbonyl (C=O) groups is 3. The summed E-state index contributed by atoms with van der Waals surface area (Å²) >= 11 is 0. The highest BCUT2D eigenvalue weighted by atomic mass is 16.6.